The smallest absolute Gasteiger partial charge is 0.410 e. The Labute approximate surface area is 160 Å². The fourth-order valence-corrected chi connectivity index (χ4v) is 5.20. The lowest BCUT2D eigenvalue weighted by molar-refractivity contribution is 0.0512. The van der Waals surface area contributed by atoms with Crippen molar-refractivity contribution in [1.82, 2.24) is 4.90 Å². The van der Waals surface area contributed by atoms with E-state index in [2.05, 4.69) is 61.5 Å². The van der Waals surface area contributed by atoms with Crippen LogP contribution in [0.15, 0.2) is 60.2 Å². The SMILES string of the molecule is CC1=CC2CCCC(C1)N2C(=O)OCC1c2ccccc2-c2ccccc21. The molecule has 5 rings (SSSR count). The maximum absolute atomic E-state index is 13.0. The Morgan fingerprint density at radius 1 is 1.04 bits per heavy atom. The van der Waals surface area contributed by atoms with E-state index in [9.17, 15) is 4.79 Å². The summed E-state index contributed by atoms with van der Waals surface area (Å²) in [7, 11) is 0. The van der Waals surface area contributed by atoms with E-state index in [0.29, 0.717) is 12.6 Å². The molecule has 1 aliphatic carbocycles. The zero-order valence-corrected chi connectivity index (χ0v) is 15.7. The Morgan fingerprint density at radius 2 is 1.70 bits per heavy atom. The van der Waals surface area contributed by atoms with Crippen LogP contribution in [0.4, 0.5) is 4.79 Å². The van der Waals surface area contributed by atoms with Gasteiger partial charge in [0.05, 0.1) is 6.04 Å². The molecule has 2 bridgehead atoms. The summed E-state index contributed by atoms with van der Waals surface area (Å²) in [5, 5.41) is 0. The van der Waals surface area contributed by atoms with E-state index in [1.807, 2.05) is 4.90 Å². The van der Waals surface area contributed by atoms with Gasteiger partial charge in [-0.25, -0.2) is 4.79 Å². The van der Waals surface area contributed by atoms with E-state index < -0.39 is 0 Å². The summed E-state index contributed by atoms with van der Waals surface area (Å²) in [5.74, 6) is 0.128. The highest BCUT2D eigenvalue weighted by Gasteiger charge is 2.38. The Hall–Kier alpha value is -2.55. The summed E-state index contributed by atoms with van der Waals surface area (Å²) in [6.45, 7) is 2.59. The van der Waals surface area contributed by atoms with Crippen LogP contribution in [-0.2, 0) is 4.74 Å². The topological polar surface area (TPSA) is 29.5 Å². The van der Waals surface area contributed by atoms with Crippen LogP contribution in [-0.4, -0.2) is 29.7 Å². The monoisotopic (exact) mass is 359 g/mol. The molecule has 3 heteroatoms. The minimum Gasteiger partial charge on any atom is -0.448 e. The first kappa shape index (κ1) is 16.6. The average Bonchev–Trinajstić information content (AvgIpc) is 2.99. The van der Waals surface area contributed by atoms with Crippen LogP contribution in [0.25, 0.3) is 11.1 Å². The van der Waals surface area contributed by atoms with Crippen LogP contribution in [0.1, 0.15) is 49.7 Å². The Bertz CT molecular complexity index is 871. The van der Waals surface area contributed by atoms with Gasteiger partial charge in [0, 0.05) is 12.0 Å². The third-order valence-electron chi connectivity index (χ3n) is 6.37. The maximum Gasteiger partial charge on any atom is 0.410 e. The normalized spacial score (nSPS) is 23.4. The van der Waals surface area contributed by atoms with Crippen LogP contribution in [0.2, 0.25) is 0 Å². The second-order valence-electron chi connectivity index (χ2n) is 8.08. The van der Waals surface area contributed by atoms with Gasteiger partial charge in [-0.1, -0.05) is 60.2 Å². The summed E-state index contributed by atoms with van der Waals surface area (Å²) >= 11 is 0. The van der Waals surface area contributed by atoms with Crippen LogP contribution < -0.4 is 0 Å². The number of nitrogens with zero attached hydrogens (tertiary/aromatic N) is 1. The average molecular weight is 359 g/mol. The number of hydrogen-bond donors (Lipinski definition) is 0. The molecular weight excluding hydrogens is 334 g/mol. The highest BCUT2D eigenvalue weighted by atomic mass is 16.6. The van der Waals surface area contributed by atoms with E-state index in [1.165, 1.54) is 34.2 Å². The quantitative estimate of drug-likeness (QED) is 0.662. The van der Waals surface area contributed by atoms with Crippen molar-refractivity contribution in [1.29, 1.82) is 0 Å². The first-order chi connectivity index (χ1) is 13.2. The molecule has 2 aromatic carbocycles. The molecule has 0 N–H and O–H groups in total. The Morgan fingerprint density at radius 3 is 2.37 bits per heavy atom. The molecule has 0 aromatic heterocycles. The molecular formula is C24H25NO2. The van der Waals surface area contributed by atoms with Crippen molar-refractivity contribution < 1.29 is 9.53 Å². The van der Waals surface area contributed by atoms with Gasteiger partial charge in [0.25, 0.3) is 0 Å². The molecule has 3 aliphatic rings. The number of fused-ring (bicyclic) bond motifs is 5. The third-order valence-corrected chi connectivity index (χ3v) is 6.37. The van der Waals surface area contributed by atoms with Crippen LogP contribution in [0.3, 0.4) is 0 Å². The second-order valence-corrected chi connectivity index (χ2v) is 8.08. The number of carbonyl (C=O) groups is 1. The predicted octanol–water partition coefficient (Wildman–Crippen LogP) is 5.51. The van der Waals surface area contributed by atoms with Crippen molar-refractivity contribution in [2.45, 2.75) is 50.6 Å². The molecule has 0 saturated carbocycles. The second kappa shape index (κ2) is 6.56. The summed E-state index contributed by atoms with van der Waals surface area (Å²) in [5.41, 5.74) is 6.47. The van der Waals surface area contributed by atoms with E-state index in [4.69, 9.17) is 4.74 Å². The van der Waals surface area contributed by atoms with E-state index >= 15 is 0 Å². The molecule has 2 atom stereocenters. The fourth-order valence-electron chi connectivity index (χ4n) is 5.20. The Kier molecular flexibility index (Phi) is 4.04. The van der Waals surface area contributed by atoms with Gasteiger partial charge in [0.15, 0.2) is 0 Å². The lowest BCUT2D eigenvalue weighted by Crippen LogP contribution is -2.51. The predicted molar refractivity (Wildman–Crippen MR) is 107 cm³/mol. The number of rotatable bonds is 2. The highest BCUT2D eigenvalue weighted by Crippen LogP contribution is 2.44. The molecule has 2 aromatic rings. The van der Waals surface area contributed by atoms with Gasteiger partial charge in [-0.15, -0.1) is 0 Å². The van der Waals surface area contributed by atoms with Gasteiger partial charge in [-0.3, -0.25) is 4.90 Å². The minimum atomic E-state index is -0.143. The standard InChI is InChI=1S/C24H25NO2/c1-16-13-17-7-6-8-18(14-16)25(17)24(26)27-15-23-21-11-4-2-9-19(21)20-10-3-5-12-22(20)23/h2-5,9-13,17-18,23H,6-8,14-15H2,1H3. The van der Waals surface area contributed by atoms with Gasteiger partial charge >= 0.3 is 6.09 Å². The lowest BCUT2D eigenvalue weighted by Gasteiger charge is -2.43. The molecule has 1 amide bonds. The summed E-state index contributed by atoms with van der Waals surface area (Å²) in [6, 6.07) is 17.5. The van der Waals surface area contributed by atoms with E-state index in [1.54, 1.807) is 0 Å². The van der Waals surface area contributed by atoms with Crippen molar-refractivity contribution >= 4 is 6.09 Å². The van der Waals surface area contributed by atoms with Crippen LogP contribution >= 0.6 is 0 Å². The summed E-state index contributed by atoms with van der Waals surface area (Å²) < 4.78 is 5.91. The molecule has 2 heterocycles. The largest absolute Gasteiger partial charge is 0.448 e. The molecule has 2 aliphatic heterocycles. The maximum atomic E-state index is 13.0. The van der Waals surface area contributed by atoms with Gasteiger partial charge in [-0.05, 0) is 54.9 Å². The number of piperidine rings is 1. The number of ether oxygens (including phenoxy) is 1. The summed E-state index contributed by atoms with van der Waals surface area (Å²) in [6.07, 6.45) is 6.45. The molecule has 1 fully saturated rings. The minimum absolute atomic E-state index is 0.128. The van der Waals surface area contributed by atoms with Gasteiger partial charge < -0.3 is 4.74 Å². The van der Waals surface area contributed by atoms with Gasteiger partial charge in [0.2, 0.25) is 0 Å². The number of benzene rings is 2. The van der Waals surface area contributed by atoms with Crippen LogP contribution in [0.5, 0.6) is 0 Å². The molecule has 1 saturated heterocycles. The summed E-state index contributed by atoms with van der Waals surface area (Å²) in [4.78, 5) is 15.0. The highest BCUT2D eigenvalue weighted by molar-refractivity contribution is 5.79. The van der Waals surface area contributed by atoms with E-state index in [-0.39, 0.29) is 18.1 Å². The van der Waals surface area contributed by atoms with Gasteiger partial charge in [0.1, 0.15) is 6.61 Å². The van der Waals surface area contributed by atoms with Crippen molar-refractivity contribution in [2.24, 2.45) is 0 Å². The number of hydrogen-bond acceptors (Lipinski definition) is 2. The zero-order chi connectivity index (χ0) is 18.4. The molecule has 138 valence electrons. The van der Waals surface area contributed by atoms with Crippen molar-refractivity contribution in [3.63, 3.8) is 0 Å². The molecule has 0 spiro atoms. The fraction of sp³-hybridized carbons (Fsp3) is 0.375. The van der Waals surface area contributed by atoms with Gasteiger partial charge in [-0.2, -0.15) is 0 Å². The van der Waals surface area contributed by atoms with Crippen molar-refractivity contribution in [3.05, 3.63) is 71.3 Å². The molecule has 2 unspecified atom stereocenters. The molecule has 3 nitrogen and oxygen atoms in total. The zero-order valence-electron chi connectivity index (χ0n) is 15.7. The van der Waals surface area contributed by atoms with Crippen molar-refractivity contribution in [2.75, 3.05) is 6.61 Å². The number of amides is 1. The van der Waals surface area contributed by atoms with Crippen molar-refractivity contribution in [3.8, 4) is 11.1 Å². The molecule has 27 heavy (non-hydrogen) atoms. The first-order valence-electron chi connectivity index (χ1n) is 10.0. The van der Waals surface area contributed by atoms with Crippen LogP contribution in [0, 0.1) is 0 Å². The number of carbonyl (C=O) groups excluding carboxylic acids is 1. The Balaban J connectivity index is 1.37. The third kappa shape index (κ3) is 2.77. The molecule has 0 radical (unpaired) electrons. The lowest BCUT2D eigenvalue weighted by atomic mass is 9.86. The van der Waals surface area contributed by atoms with E-state index in [0.717, 1.165) is 19.3 Å². The first-order valence-corrected chi connectivity index (χ1v) is 10.0.